The van der Waals surface area contributed by atoms with E-state index in [1.54, 1.807) is 0 Å². The van der Waals surface area contributed by atoms with Crippen LogP contribution >= 0.6 is 0 Å². The Hall–Kier alpha value is -2.08. The predicted octanol–water partition coefficient (Wildman–Crippen LogP) is 6.99. The average molecular weight is 469 g/mol. The third-order valence-electron chi connectivity index (χ3n) is 6.61. The summed E-state index contributed by atoms with van der Waals surface area (Å²) in [5, 5.41) is 0. The minimum atomic E-state index is -0.709. The van der Waals surface area contributed by atoms with Crippen LogP contribution in [0.4, 0.5) is 0 Å². The van der Waals surface area contributed by atoms with Crippen LogP contribution in [0.5, 0.6) is 11.5 Å². The molecule has 2 aliphatic heterocycles. The van der Waals surface area contributed by atoms with Crippen molar-refractivity contribution >= 4 is 0 Å². The normalized spacial score (nSPS) is 22.2. The molecule has 5 nitrogen and oxygen atoms in total. The molecule has 2 aromatic carbocycles. The monoisotopic (exact) mass is 468 g/mol. The lowest BCUT2D eigenvalue weighted by molar-refractivity contribution is -0.390. The van der Waals surface area contributed by atoms with Crippen LogP contribution in [0.2, 0.25) is 0 Å². The topological polar surface area (TPSA) is 46.2 Å². The maximum absolute atomic E-state index is 5.95. The van der Waals surface area contributed by atoms with Gasteiger partial charge in [-0.05, 0) is 61.1 Å². The fourth-order valence-corrected chi connectivity index (χ4v) is 4.46. The van der Waals surface area contributed by atoms with Gasteiger partial charge in [0.05, 0.1) is 33.0 Å². The van der Waals surface area contributed by atoms with Crippen LogP contribution in [0.1, 0.15) is 64.7 Å². The van der Waals surface area contributed by atoms with Crippen molar-refractivity contribution in [3.8, 4) is 22.6 Å². The Bertz CT molecular complexity index is 817. The number of rotatable bonds is 13. The van der Waals surface area contributed by atoms with E-state index in [1.165, 1.54) is 30.4 Å². The van der Waals surface area contributed by atoms with Gasteiger partial charge >= 0.3 is 0 Å². The lowest BCUT2D eigenvalue weighted by Crippen LogP contribution is -2.43. The van der Waals surface area contributed by atoms with E-state index >= 15 is 0 Å². The van der Waals surface area contributed by atoms with E-state index in [2.05, 4.69) is 43.3 Å². The molecule has 4 rings (SSSR count). The molecule has 0 unspecified atom stereocenters. The summed E-state index contributed by atoms with van der Waals surface area (Å²) in [6.07, 6.45) is 9.98. The third-order valence-corrected chi connectivity index (χ3v) is 6.61. The molecule has 2 heterocycles. The fraction of sp³-hybridized carbons (Fsp3) is 0.586. The van der Waals surface area contributed by atoms with Crippen molar-refractivity contribution in [1.82, 2.24) is 0 Å². The van der Waals surface area contributed by atoms with Crippen LogP contribution in [0.3, 0.4) is 0 Å². The van der Waals surface area contributed by atoms with E-state index in [4.69, 9.17) is 23.7 Å². The second kappa shape index (κ2) is 13.1. The molecule has 2 aliphatic rings. The first-order chi connectivity index (χ1) is 16.8. The Morgan fingerprint density at radius 3 is 1.88 bits per heavy atom. The Morgan fingerprint density at radius 1 is 0.735 bits per heavy atom. The summed E-state index contributed by atoms with van der Waals surface area (Å²) < 4.78 is 29.1. The van der Waals surface area contributed by atoms with Gasteiger partial charge in [-0.3, -0.25) is 0 Å². The number of ether oxygens (including phenoxy) is 5. The van der Waals surface area contributed by atoms with Crippen molar-refractivity contribution in [3.05, 3.63) is 48.5 Å². The van der Waals surface area contributed by atoms with Crippen molar-refractivity contribution in [2.45, 2.75) is 70.7 Å². The standard InChI is InChI=1S/C29H40O5/c1-2-3-19-30-27-14-10-25(11-15-27)26-12-16-28(17-13-26)31-20-7-5-4-6-9-24-22-33-29(34-23-24)18-8-21-32-29/h10-17,24H,2-9,18-23H2,1H3. The van der Waals surface area contributed by atoms with Gasteiger partial charge in [0.2, 0.25) is 0 Å². The molecular weight excluding hydrogens is 428 g/mol. The summed E-state index contributed by atoms with van der Waals surface area (Å²) >= 11 is 0. The molecule has 2 aromatic rings. The Morgan fingerprint density at radius 2 is 1.32 bits per heavy atom. The van der Waals surface area contributed by atoms with Gasteiger partial charge in [0, 0.05) is 12.3 Å². The second-order valence-corrected chi connectivity index (χ2v) is 9.43. The molecule has 5 heteroatoms. The Kier molecular flexibility index (Phi) is 9.66. The second-order valence-electron chi connectivity index (χ2n) is 9.43. The summed E-state index contributed by atoms with van der Waals surface area (Å²) in [6, 6.07) is 16.7. The van der Waals surface area contributed by atoms with Crippen molar-refractivity contribution in [1.29, 1.82) is 0 Å². The van der Waals surface area contributed by atoms with Gasteiger partial charge in [0.15, 0.2) is 0 Å². The summed E-state index contributed by atoms with van der Waals surface area (Å²) in [4.78, 5) is 0. The molecule has 0 amide bonds. The lowest BCUT2D eigenvalue weighted by Gasteiger charge is -2.36. The van der Waals surface area contributed by atoms with Crippen molar-refractivity contribution in [2.75, 3.05) is 33.0 Å². The zero-order valence-corrected chi connectivity index (χ0v) is 20.6. The van der Waals surface area contributed by atoms with Crippen LogP contribution in [-0.2, 0) is 14.2 Å². The highest BCUT2D eigenvalue weighted by Crippen LogP contribution is 2.33. The molecule has 0 radical (unpaired) electrons. The van der Waals surface area contributed by atoms with Gasteiger partial charge in [-0.1, -0.05) is 56.9 Å². The molecule has 34 heavy (non-hydrogen) atoms. The maximum atomic E-state index is 5.95. The number of hydrogen-bond acceptors (Lipinski definition) is 5. The minimum absolute atomic E-state index is 0.495. The van der Waals surface area contributed by atoms with E-state index in [-0.39, 0.29) is 0 Å². The highest BCUT2D eigenvalue weighted by Gasteiger charge is 2.41. The van der Waals surface area contributed by atoms with Gasteiger partial charge in [-0.15, -0.1) is 0 Å². The first-order valence-electron chi connectivity index (χ1n) is 13.1. The fourth-order valence-electron chi connectivity index (χ4n) is 4.46. The smallest absolute Gasteiger partial charge is 0.282 e. The highest BCUT2D eigenvalue weighted by molar-refractivity contribution is 5.64. The molecule has 0 saturated carbocycles. The van der Waals surface area contributed by atoms with Crippen LogP contribution in [0.15, 0.2) is 48.5 Å². The van der Waals surface area contributed by atoms with Crippen LogP contribution in [0.25, 0.3) is 11.1 Å². The first kappa shape index (κ1) is 25.0. The summed E-state index contributed by atoms with van der Waals surface area (Å²) in [6.45, 7) is 5.98. The van der Waals surface area contributed by atoms with E-state index in [9.17, 15) is 0 Å². The average Bonchev–Trinajstić information content (AvgIpc) is 3.34. The lowest BCUT2D eigenvalue weighted by atomic mass is 10.0. The highest BCUT2D eigenvalue weighted by atomic mass is 16.9. The molecule has 0 aliphatic carbocycles. The molecule has 2 fully saturated rings. The quantitative estimate of drug-likeness (QED) is 0.297. The van der Waals surface area contributed by atoms with E-state index in [0.29, 0.717) is 5.92 Å². The van der Waals surface area contributed by atoms with Gasteiger partial charge in [0.25, 0.3) is 5.97 Å². The minimum Gasteiger partial charge on any atom is -0.494 e. The molecule has 186 valence electrons. The molecule has 1 spiro atoms. The molecule has 2 saturated heterocycles. The summed E-state index contributed by atoms with van der Waals surface area (Å²) in [5.41, 5.74) is 2.38. The van der Waals surface area contributed by atoms with Crippen molar-refractivity contribution in [2.24, 2.45) is 5.92 Å². The SMILES string of the molecule is CCCCOc1ccc(-c2ccc(OCCCCCCC3COC4(CCCO4)OC3)cc2)cc1. The molecule has 0 aromatic heterocycles. The largest absolute Gasteiger partial charge is 0.494 e. The van der Waals surface area contributed by atoms with E-state index < -0.39 is 5.97 Å². The molecular formula is C29H40O5. The Balaban J connectivity index is 1.06. The molecule has 0 bridgehead atoms. The number of hydrogen-bond donors (Lipinski definition) is 0. The Labute approximate surface area is 204 Å². The predicted molar refractivity (Wildman–Crippen MR) is 134 cm³/mol. The summed E-state index contributed by atoms with van der Waals surface area (Å²) in [5.74, 6) is 1.65. The van der Waals surface area contributed by atoms with Crippen LogP contribution in [0, 0.1) is 5.92 Å². The molecule has 0 N–H and O–H groups in total. The van der Waals surface area contributed by atoms with Gasteiger partial charge in [0.1, 0.15) is 11.5 Å². The van der Waals surface area contributed by atoms with Crippen LogP contribution in [-0.4, -0.2) is 39.0 Å². The van der Waals surface area contributed by atoms with E-state index in [1.807, 2.05) is 12.1 Å². The van der Waals surface area contributed by atoms with Crippen LogP contribution < -0.4 is 9.47 Å². The van der Waals surface area contributed by atoms with Gasteiger partial charge in [-0.2, -0.15) is 0 Å². The first-order valence-corrected chi connectivity index (χ1v) is 13.1. The van der Waals surface area contributed by atoms with Crippen molar-refractivity contribution < 1.29 is 23.7 Å². The van der Waals surface area contributed by atoms with Gasteiger partial charge in [-0.25, -0.2) is 0 Å². The van der Waals surface area contributed by atoms with Gasteiger partial charge < -0.3 is 23.7 Å². The summed E-state index contributed by atoms with van der Waals surface area (Å²) in [7, 11) is 0. The zero-order chi connectivity index (χ0) is 23.5. The van der Waals surface area contributed by atoms with E-state index in [0.717, 1.165) is 83.1 Å². The zero-order valence-electron chi connectivity index (χ0n) is 20.6. The maximum Gasteiger partial charge on any atom is 0.282 e. The van der Waals surface area contributed by atoms with Crippen molar-refractivity contribution in [3.63, 3.8) is 0 Å². The molecule has 0 atom stereocenters. The third kappa shape index (κ3) is 7.46. The number of unbranched alkanes of at least 4 members (excludes halogenated alkanes) is 4. The number of benzene rings is 2.